The van der Waals surface area contributed by atoms with Crippen molar-refractivity contribution >= 4 is 11.6 Å². The Kier molecular flexibility index (Phi) is 3.62. The molecule has 2 aromatic rings. The minimum absolute atomic E-state index is 0.0749. The maximum absolute atomic E-state index is 12.1. The lowest BCUT2D eigenvalue weighted by molar-refractivity contribution is 0.0944. The van der Waals surface area contributed by atoms with Crippen molar-refractivity contribution in [3.63, 3.8) is 0 Å². The zero-order valence-electron chi connectivity index (χ0n) is 10.6. The van der Waals surface area contributed by atoms with Crippen LogP contribution in [0.25, 0.3) is 5.65 Å². The molecular weight excluding hydrogens is 230 g/mol. The fraction of sp³-hybridized carbons (Fsp3) is 0.385. The van der Waals surface area contributed by atoms with Gasteiger partial charge >= 0.3 is 0 Å². The van der Waals surface area contributed by atoms with E-state index in [0.29, 0.717) is 24.4 Å². The molecule has 0 saturated carbocycles. The summed E-state index contributed by atoms with van der Waals surface area (Å²) >= 11 is 0. The largest absolute Gasteiger partial charge is 0.396 e. The highest BCUT2D eigenvalue weighted by Gasteiger charge is 2.16. The van der Waals surface area contributed by atoms with E-state index in [0.717, 1.165) is 11.2 Å². The van der Waals surface area contributed by atoms with Gasteiger partial charge in [-0.1, -0.05) is 6.07 Å². The van der Waals surface area contributed by atoms with Crippen molar-refractivity contribution in [2.24, 2.45) is 0 Å². The predicted octanol–water partition coefficient (Wildman–Crippen LogP) is 1.06. The summed E-state index contributed by atoms with van der Waals surface area (Å²) in [7, 11) is 0. The number of aliphatic hydroxyl groups is 1. The van der Waals surface area contributed by atoms with Crippen molar-refractivity contribution in [1.29, 1.82) is 0 Å². The number of aliphatic hydroxyl groups excluding tert-OH is 1. The van der Waals surface area contributed by atoms with Gasteiger partial charge in [-0.3, -0.25) is 9.20 Å². The highest BCUT2D eigenvalue weighted by molar-refractivity contribution is 5.94. The summed E-state index contributed by atoms with van der Waals surface area (Å²) in [6.07, 6.45) is 2.39. The molecule has 0 radical (unpaired) electrons. The third-order valence-corrected chi connectivity index (χ3v) is 2.85. The Balaban J connectivity index is 2.35. The van der Waals surface area contributed by atoms with Crippen LogP contribution in [0.2, 0.25) is 0 Å². The summed E-state index contributed by atoms with van der Waals surface area (Å²) < 4.78 is 1.80. The highest BCUT2D eigenvalue weighted by atomic mass is 16.3. The molecule has 0 aliphatic carbocycles. The number of amides is 1. The molecule has 0 fully saturated rings. The van der Waals surface area contributed by atoms with Gasteiger partial charge in [0, 0.05) is 19.3 Å². The summed E-state index contributed by atoms with van der Waals surface area (Å²) in [6, 6.07) is 3.86. The maximum Gasteiger partial charge on any atom is 0.270 e. The third-order valence-electron chi connectivity index (χ3n) is 2.85. The summed E-state index contributed by atoms with van der Waals surface area (Å²) in [6.45, 7) is 4.34. The van der Waals surface area contributed by atoms with Gasteiger partial charge in [0.25, 0.3) is 5.91 Å². The molecule has 2 aromatic heterocycles. The number of rotatable bonds is 4. The second kappa shape index (κ2) is 5.18. The number of imidazole rings is 1. The number of aryl methyl sites for hydroxylation is 2. The highest BCUT2D eigenvalue weighted by Crippen LogP contribution is 2.15. The van der Waals surface area contributed by atoms with Crippen LogP contribution in [0.1, 0.15) is 28.2 Å². The molecule has 2 heterocycles. The van der Waals surface area contributed by atoms with E-state index in [1.54, 1.807) is 4.40 Å². The van der Waals surface area contributed by atoms with Gasteiger partial charge in [0.1, 0.15) is 11.3 Å². The Bertz CT molecular complexity index is 575. The molecule has 0 unspecified atom stereocenters. The van der Waals surface area contributed by atoms with Crippen LogP contribution in [0.4, 0.5) is 0 Å². The van der Waals surface area contributed by atoms with Crippen molar-refractivity contribution in [2.45, 2.75) is 20.3 Å². The van der Waals surface area contributed by atoms with E-state index in [9.17, 15) is 4.79 Å². The number of aromatic nitrogens is 2. The first-order valence-electron chi connectivity index (χ1n) is 5.98. The smallest absolute Gasteiger partial charge is 0.270 e. The second-order valence-electron chi connectivity index (χ2n) is 4.26. The van der Waals surface area contributed by atoms with Gasteiger partial charge in [-0.2, -0.15) is 0 Å². The molecule has 0 saturated heterocycles. The molecule has 0 aliphatic rings. The molecule has 2 N–H and O–H groups in total. The van der Waals surface area contributed by atoms with Gasteiger partial charge in [0.05, 0.1) is 5.69 Å². The molecule has 0 bridgehead atoms. The monoisotopic (exact) mass is 247 g/mol. The zero-order valence-corrected chi connectivity index (χ0v) is 10.6. The molecule has 96 valence electrons. The number of fused-ring (bicyclic) bond motifs is 1. The van der Waals surface area contributed by atoms with Crippen LogP contribution in [-0.4, -0.2) is 33.6 Å². The van der Waals surface area contributed by atoms with Crippen molar-refractivity contribution in [3.05, 3.63) is 35.3 Å². The van der Waals surface area contributed by atoms with Crippen LogP contribution < -0.4 is 5.32 Å². The van der Waals surface area contributed by atoms with Crippen molar-refractivity contribution in [2.75, 3.05) is 13.2 Å². The third kappa shape index (κ3) is 2.22. The zero-order chi connectivity index (χ0) is 13.1. The molecule has 0 spiro atoms. The van der Waals surface area contributed by atoms with Crippen LogP contribution in [0.3, 0.4) is 0 Å². The van der Waals surface area contributed by atoms with Gasteiger partial charge in [0.2, 0.25) is 0 Å². The number of hydrogen-bond acceptors (Lipinski definition) is 3. The molecule has 5 heteroatoms. The van der Waals surface area contributed by atoms with E-state index in [1.165, 1.54) is 0 Å². The molecule has 0 aliphatic heterocycles. The summed E-state index contributed by atoms with van der Waals surface area (Å²) in [5.41, 5.74) is 3.12. The fourth-order valence-corrected chi connectivity index (χ4v) is 1.96. The normalized spacial score (nSPS) is 10.8. The van der Waals surface area contributed by atoms with E-state index in [4.69, 9.17) is 5.11 Å². The van der Waals surface area contributed by atoms with Gasteiger partial charge in [-0.05, 0) is 31.9 Å². The molecule has 5 nitrogen and oxygen atoms in total. The quantitative estimate of drug-likeness (QED) is 0.794. The second-order valence-corrected chi connectivity index (χ2v) is 4.26. The summed E-state index contributed by atoms with van der Waals surface area (Å²) in [5.74, 6) is -0.154. The molecule has 0 aromatic carbocycles. The lowest BCUT2D eigenvalue weighted by Crippen LogP contribution is -2.26. The molecule has 18 heavy (non-hydrogen) atoms. The Morgan fingerprint density at radius 1 is 1.50 bits per heavy atom. The summed E-state index contributed by atoms with van der Waals surface area (Å²) in [5, 5.41) is 11.5. The Morgan fingerprint density at radius 3 is 3.00 bits per heavy atom. The van der Waals surface area contributed by atoms with Crippen LogP contribution in [0.15, 0.2) is 18.3 Å². The minimum Gasteiger partial charge on any atom is -0.396 e. The fourth-order valence-electron chi connectivity index (χ4n) is 1.96. The van der Waals surface area contributed by atoms with E-state index in [-0.39, 0.29) is 12.5 Å². The van der Waals surface area contributed by atoms with E-state index < -0.39 is 0 Å². The Labute approximate surface area is 105 Å². The molecule has 0 atom stereocenters. The van der Waals surface area contributed by atoms with Crippen LogP contribution in [0, 0.1) is 13.8 Å². The van der Waals surface area contributed by atoms with E-state index in [2.05, 4.69) is 10.3 Å². The van der Waals surface area contributed by atoms with Gasteiger partial charge < -0.3 is 10.4 Å². The van der Waals surface area contributed by atoms with Crippen molar-refractivity contribution in [1.82, 2.24) is 14.7 Å². The first-order chi connectivity index (χ1) is 8.65. The van der Waals surface area contributed by atoms with Gasteiger partial charge in [0.15, 0.2) is 0 Å². The standard InChI is InChI=1S/C13H17N3O2/c1-9-5-3-7-16-11(10(2)15-12(9)16)13(18)14-6-4-8-17/h3,5,7,17H,4,6,8H2,1-2H3,(H,14,18). The van der Waals surface area contributed by atoms with Crippen LogP contribution in [0.5, 0.6) is 0 Å². The number of pyridine rings is 1. The first kappa shape index (κ1) is 12.6. The van der Waals surface area contributed by atoms with E-state index >= 15 is 0 Å². The summed E-state index contributed by atoms with van der Waals surface area (Å²) in [4.78, 5) is 16.5. The van der Waals surface area contributed by atoms with Gasteiger partial charge in [-0.15, -0.1) is 0 Å². The number of nitrogens with zero attached hydrogens (tertiary/aromatic N) is 2. The van der Waals surface area contributed by atoms with Crippen molar-refractivity contribution < 1.29 is 9.90 Å². The Morgan fingerprint density at radius 2 is 2.28 bits per heavy atom. The molecular formula is C13H17N3O2. The number of nitrogens with one attached hydrogen (secondary N) is 1. The first-order valence-corrected chi connectivity index (χ1v) is 5.98. The topological polar surface area (TPSA) is 66.6 Å². The number of carbonyl (C=O) groups is 1. The lowest BCUT2D eigenvalue weighted by atomic mass is 10.3. The lowest BCUT2D eigenvalue weighted by Gasteiger charge is -2.05. The molecule has 1 amide bonds. The van der Waals surface area contributed by atoms with Crippen LogP contribution >= 0.6 is 0 Å². The van der Waals surface area contributed by atoms with Gasteiger partial charge in [-0.25, -0.2) is 4.98 Å². The molecule has 2 rings (SSSR count). The average molecular weight is 247 g/mol. The number of hydrogen-bond donors (Lipinski definition) is 2. The SMILES string of the molecule is Cc1nc2c(C)cccn2c1C(=O)NCCCO. The minimum atomic E-state index is -0.154. The predicted molar refractivity (Wildman–Crippen MR) is 68.7 cm³/mol. The average Bonchev–Trinajstić information content (AvgIpc) is 2.67. The van der Waals surface area contributed by atoms with E-state index in [1.807, 2.05) is 32.2 Å². The number of carbonyl (C=O) groups excluding carboxylic acids is 1. The Hall–Kier alpha value is -1.88. The van der Waals surface area contributed by atoms with Crippen LogP contribution in [-0.2, 0) is 0 Å². The van der Waals surface area contributed by atoms with Crippen molar-refractivity contribution in [3.8, 4) is 0 Å². The maximum atomic E-state index is 12.1.